The van der Waals surface area contributed by atoms with E-state index in [4.69, 9.17) is 9.52 Å². The number of carboxylic acids is 1. The average molecular weight is 283 g/mol. The number of benzene rings is 1. The van der Waals surface area contributed by atoms with Crippen LogP contribution in [0.2, 0.25) is 0 Å². The molecule has 0 saturated heterocycles. The normalized spacial score (nSPS) is 14.6. The van der Waals surface area contributed by atoms with Crippen molar-refractivity contribution < 1.29 is 27.5 Å². The molecule has 0 unspecified atom stereocenters. The molecule has 1 aromatic carbocycles. The smallest absolute Gasteiger partial charge is 0.373 e. The third kappa shape index (κ3) is 2.04. The number of aromatic carboxylic acids is 1. The standard InChI is InChI=1S/C13H8F3NO3/c14-7-3-6(4-8(15)9(7)16)12-17-10(5-1-2-5)11(20-12)13(18)19/h3-5H,1-2H2,(H,18,19). The maximum atomic E-state index is 13.2. The van der Waals surface area contributed by atoms with Gasteiger partial charge in [0.15, 0.2) is 17.5 Å². The average Bonchev–Trinajstić information content (AvgIpc) is 3.13. The first-order valence-corrected chi connectivity index (χ1v) is 5.86. The van der Waals surface area contributed by atoms with Gasteiger partial charge in [0, 0.05) is 11.5 Å². The van der Waals surface area contributed by atoms with Crippen LogP contribution in [0.15, 0.2) is 16.5 Å². The first kappa shape index (κ1) is 12.7. The Morgan fingerprint density at radius 1 is 1.25 bits per heavy atom. The number of rotatable bonds is 3. The summed E-state index contributed by atoms with van der Waals surface area (Å²) in [7, 11) is 0. The van der Waals surface area contributed by atoms with Gasteiger partial charge in [0.05, 0.1) is 5.69 Å². The summed E-state index contributed by atoms with van der Waals surface area (Å²) in [6, 6.07) is 1.43. The van der Waals surface area contributed by atoms with E-state index in [1.165, 1.54) is 0 Å². The Hall–Kier alpha value is -2.31. The number of carbonyl (C=O) groups is 1. The number of aromatic nitrogens is 1. The molecule has 1 N–H and O–H groups in total. The topological polar surface area (TPSA) is 63.3 Å². The van der Waals surface area contributed by atoms with Gasteiger partial charge in [-0.25, -0.2) is 22.9 Å². The van der Waals surface area contributed by atoms with Gasteiger partial charge < -0.3 is 9.52 Å². The van der Waals surface area contributed by atoms with Crippen LogP contribution in [0.25, 0.3) is 11.5 Å². The summed E-state index contributed by atoms with van der Waals surface area (Å²) < 4.78 is 44.3. The fourth-order valence-electron chi connectivity index (χ4n) is 1.92. The monoisotopic (exact) mass is 283 g/mol. The predicted molar refractivity (Wildman–Crippen MR) is 60.7 cm³/mol. The van der Waals surface area contributed by atoms with E-state index in [1.807, 2.05) is 0 Å². The van der Waals surface area contributed by atoms with E-state index < -0.39 is 23.4 Å². The van der Waals surface area contributed by atoms with Gasteiger partial charge in [0.1, 0.15) is 0 Å². The quantitative estimate of drug-likeness (QED) is 0.877. The highest BCUT2D eigenvalue weighted by molar-refractivity contribution is 5.86. The molecule has 1 aromatic heterocycles. The van der Waals surface area contributed by atoms with Crippen molar-refractivity contribution in [1.82, 2.24) is 4.98 Å². The van der Waals surface area contributed by atoms with Gasteiger partial charge in [0.2, 0.25) is 11.7 Å². The molecule has 0 aliphatic heterocycles. The lowest BCUT2D eigenvalue weighted by Crippen LogP contribution is -1.98. The largest absolute Gasteiger partial charge is 0.475 e. The lowest BCUT2D eigenvalue weighted by Gasteiger charge is -1.98. The molecule has 1 aliphatic carbocycles. The van der Waals surface area contributed by atoms with Gasteiger partial charge in [-0.1, -0.05) is 0 Å². The lowest BCUT2D eigenvalue weighted by molar-refractivity contribution is 0.0661. The Morgan fingerprint density at radius 3 is 2.35 bits per heavy atom. The number of oxazole rings is 1. The van der Waals surface area contributed by atoms with E-state index in [0.717, 1.165) is 12.8 Å². The highest BCUT2D eigenvalue weighted by atomic mass is 19.2. The minimum Gasteiger partial charge on any atom is -0.475 e. The number of nitrogens with zero attached hydrogens (tertiary/aromatic N) is 1. The van der Waals surface area contributed by atoms with E-state index in [9.17, 15) is 18.0 Å². The Bertz CT molecular complexity index is 684. The van der Waals surface area contributed by atoms with Crippen LogP contribution < -0.4 is 0 Å². The zero-order chi connectivity index (χ0) is 14.4. The molecule has 0 spiro atoms. The van der Waals surface area contributed by atoms with E-state index in [2.05, 4.69) is 4.98 Å². The molecule has 20 heavy (non-hydrogen) atoms. The zero-order valence-electron chi connectivity index (χ0n) is 9.99. The Morgan fingerprint density at radius 2 is 1.85 bits per heavy atom. The molecular formula is C13H8F3NO3. The van der Waals surface area contributed by atoms with Gasteiger partial charge in [-0.05, 0) is 25.0 Å². The van der Waals surface area contributed by atoms with Crippen molar-refractivity contribution in [3.05, 3.63) is 41.0 Å². The van der Waals surface area contributed by atoms with E-state index in [-0.39, 0.29) is 28.8 Å². The molecule has 0 atom stereocenters. The third-order valence-electron chi connectivity index (χ3n) is 3.04. The number of hydrogen-bond acceptors (Lipinski definition) is 3. The first-order chi connectivity index (χ1) is 9.47. The molecule has 1 aliphatic rings. The van der Waals surface area contributed by atoms with Crippen molar-refractivity contribution in [2.45, 2.75) is 18.8 Å². The molecule has 104 valence electrons. The first-order valence-electron chi connectivity index (χ1n) is 5.86. The Balaban J connectivity index is 2.10. The molecule has 1 saturated carbocycles. The van der Waals surface area contributed by atoms with Gasteiger partial charge in [-0.15, -0.1) is 0 Å². The number of hydrogen-bond donors (Lipinski definition) is 1. The minimum absolute atomic E-state index is 0.00579. The Labute approximate surface area is 110 Å². The maximum Gasteiger partial charge on any atom is 0.373 e. The van der Waals surface area contributed by atoms with Crippen LogP contribution in [-0.4, -0.2) is 16.1 Å². The summed E-state index contributed by atoms with van der Waals surface area (Å²) in [5.74, 6) is -6.25. The van der Waals surface area contributed by atoms with Crippen LogP contribution in [0.5, 0.6) is 0 Å². The van der Waals surface area contributed by atoms with Crippen molar-refractivity contribution in [2.24, 2.45) is 0 Å². The van der Waals surface area contributed by atoms with Gasteiger partial charge in [-0.3, -0.25) is 0 Å². The molecule has 1 heterocycles. The van der Waals surface area contributed by atoms with Crippen LogP contribution in [0.3, 0.4) is 0 Å². The van der Waals surface area contributed by atoms with Crippen LogP contribution in [0, 0.1) is 17.5 Å². The molecule has 0 amide bonds. The fraction of sp³-hybridized carbons (Fsp3) is 0.231. The minimum atomic E-state index is -1.60. The highest BCUT2D eigenvalue weighted by Gasteiger charge is 2.34. The van der Waals surface area contributed by atoms with E-state index in [1.54, 1.807) is 0 Å². The van der Waals surface area contributed by atoms with Crippen LogP contribution in [0.4, 0.5) is 13.2 Å². The van der Waals surface area contributed by atoms with Crippen LogP contribution >= 0.6 is 0 Å². The number of carboxylic acid groups (broad SMARTS) is 1. The molecule has 4 nitrogen and oxygen atoms in total. The molecule has 1 fully saturated rings. The summed E-state index contributed by atoms with van der Waals surface area (Å²) in [5, 5.41) is 9.01. The predicted octanol–water partition coefficient (Wildman–Crippen LogP) is 3.33. The SMILES string of the molecule is O=C(O)c1oc(-c2cc(F)c(F)c(F)c2)nc1C1CC1. The molecule has 3 rings (SSSR count). The zero-order valence-corrected chi connectivity index (χ0v) is 9.99. The van der Waals surface area contributed by atoms with E-state index >= 15 is 0 Å². The van der Waals surface area contributed by atoms with Crippen molar-refractivity contribution >= 4 is 5.97 Å². The van der Waals surface area contributed by atoms with Gasteiger partial charge in [0.25, 0.3) is 0 Å². The highest BCUT2D eigenvalue weighted by Crippen LogP contribution is 2.42. The summed E-state index contributed by atoms with van der Waals surface area (Å²) in [6.45, 7) is 0. The third-order valence-corrected chi connectivity index (χ3v) is 3.04. The molecule has 0 bridgehead atoms. The molecule has 0 radical (unpaired) electrons. The van der Waals surface area contributed by atoms with Crippen molar-refractivity contribution in [2.75, 3.05) is 0 Å². The summed E-state index contributed by atoms with van der Waals surface area (Å²) in [4.78, 5) is 15.0. The lowest BCUT2D eigenvalue weighted by atomic mass is 10.2. The van der Waals surface area contributed by atoms with Crippen molar-refractivity contribution in [1.29, 1.82) is 0 Å². The molecule has 7 heteroatoms. The van der Waals surface area contributed by atoms with Crippen molar-refractivity contribution in [3.8, 4) is 11.5 Å². The van der Waals surface area contributed by atoms with Crippen LogP contribution in [-0.2, 0) is 0 Å². The maximum absolute atomic E-state index is 13.2. The summed E-state index contributed by atoms with van der Waals surface area (Å²) in [6.07, 6.45) is 1.58. The molecule has 2 aromatic rings. The molecular weight excluding hydrogens is 275 g/mol. The van der Waals surface area contributed by atoms with Crippen molar-refractivity contribution in [3.63, 3.8) is 0 Å². The van der Waals surface area contributed by atoms with E-state index in [0.29, 0.717) is 12.1 Å². The fourth-order valence-corrected chi connectivity index (χ4v) is 1.92. The van der Waals surface area contributed by atoms with Gasteiger partial charge >= 0.3 is 5.97 Å². The van der Waals surface area contributed by atoms with Gasteiger partial charge in [-0.2, -0.15) is 0 Å². The number of halogens is 3. The second kappa shape index (κ2) is 4.36. The summed E-state index contributed by atoms with van der Waals surface area (Å²) in [5.41, 5.74) is 0.119. The Kier molecular flexibility index (Phi) is 2.77. The van der Waals surface area contributed by atoms with Crippen LogP contribution in [0.1, 0.15) is 35.0 Å². The second-order valence-electron chi connectivity index (χ2n) is 4.57. The summed E-state index contributed by atoms with van der Waals surface area (Å²) >= 11 is 0. The second-order valence-corrected chi connectivity index (χ2v) is 4.57.